The molecule has 0 aliphatic heterocycles. The van der Waals surface area contributed by atoms with E-state index in [0.717, 1.165) is 17.1 Å². The molecule has 0 bridgehead atoms. The second-order valence-corrected chi connectivity index (χ2v) is 6.24. The molecule has 2 nitrogen and oxygen atoms in total. The van der Waals surface area contributed by atoms with E-state index in [1.807, 2.05) is 0 Å². The highest BCUT2D eigenvalue weighted by Crippen LogP contribution is 2.36. The van der Waals surface area contributed by atoms with Gasteiger partial charge in [0.25, 0.3) is 0 Å². The fraction of sp³-hybridized carbons (Fsp3) is 0.600. The highest BCUT2D eigenvalue weighted by Gasteiger charge is 2.35. The minimum absolute atomic E-state index is 0.159. The maximum atomic E-state index is 6.26. The molecule has 0 amide bonds. The second-order valence-electron chi connectivity index (χ2n) is 5.33. The summed E-state index contributed by atoms with van der Waals surface area (Å²) in [4.78, 5) is 2.60. The van der Waals surface area contributed by atoms with E-state index in [1.165, 1.54) is 24.8 Å². The normalized spacial score (nSPS) is 18.9. The summed E-state index contributed by atoms with van der Waals surface area (Å²) in [5, 5.41) is 0. The van der Waals surface area contributed by atoms with Crippen LogP contribution in [0.4, 0.5) is 0 Å². The van der Waals surface area contributed by atoms with Gasteiger partial charge in [-0.1, -0.05) is 35.0 Å². The molecular formula is C15H23BrN2. The molecule has 2 rings (SSSR count). The Kier molecular flexibility index (Phi) is 4.82. The number of nitrogens with two attached hydrogens (primary N) is 1. The van der Waals surface area contributed by atoms with Crippen LogP contribution in [0.2, 0.25) is 0 Å². The number of hydrogen-bond acceptors (Lipinski definition) is 2. The zero-order valence-electron chi connectivity index (χ0n) is 11.3. The average Bonchev–Trinajstić information content (AvgIpc) is 3.11. The van der Waals surface area contributed by atoms with Crippen LogP contribution in [0.1, 0.15) is 44.7 Å². The molecule has 1 aromatic rings. The van der Waals surface area contributed by atoms with E-state index in [9.17, 15) is 0 Å². The Morgan fingerprint density at radius 2 is 2.17 bits per heavy atom. The Labute approximate surface area is 119 Å². The Hall–Kier alpha value is -0.380. The monoisotopic (exact) mass is 310 g/mol. The second kappa shape index (κ2) is 6.18. The zero-order chi connectivity index (χ0) is 13.1. The van der Waals surface area contributed by atoms with E-state index in [0.29, 0.717) is 6.04 Å². The highest BCUT2D eigenvalue weighted by atomic mass is 79.9. The molecule has 100 valence electrons. The number of nitrogens with zero attached hydrogens (tertiary/aromatic N) is 1. The third kappa shape index (κ3) is 3.34. The van der Waals surface area contributed by atoms with Gasteiger partial charge in [-0.3, -0.25) is 4.90 Å². The average molecular weight is 311 g/mol. The number of hydrogen-bond donors (Lipinski definition) is 1. The van der Waals surface area contributed by atoms with Gasteiger partial charge in [-0.25, -0.2) is 0 Å². The summed E-state index contributed by atoms with van der Waals surface area (Å²) in [6.07, 6.45) is 3.85. The molecular weight excluding hydrogens is 288 g/mol. The van der Waals surface area contributed by atoms with E-state index in [4.69, 9.17) is 5.73 Å². The molecule has 0 aromatic heterocycles. The Balaban J connectivity index is 2.25. The van der Waals surface area contributed by atoms with Crippen molar-refractivity contribution in [2.24, 2.45) is 5.73 Å². The van der Waals surface area contributed by atoms with E-state index >= 15 is 0 Å². The molecule has 1 aliphatic rings. The van der Waals surface area contributed by atoms with Crippen LogP contribution < -0.4 is 5.73 Å². The van der Waals surface area contributed by atoms with Crippen LogP contribution in [-0.2, 0) is 0 Å². The van der Waals surface area contributed by atoms with E-state index < -0.39 is 0 Å². The van der Waals surface area contributed by atoms with Crippen LogP contribution in [0.5, 0.6) is 0 Å². The predicted molar refractivity (Wildman–Crippen MR) is 80.6 cm³/mol. The molecule has 0 saturated heterocycles. The SMILES string of the molecule is CCCN(C1CC1)C(c1cccc(Br)c1)C(C)N. The number of rotatable bonds is 6. The van der Waals surface area contributed by atoms with Crippen LogP contribution >= 0.6 is 15.9 Å². The first-order chi connectivity index (χ1) is 8.63. The lowest BCUT2D eigenvalue weighted by atomic mass is 9.98. The number of benzene rings is 1. The summed E-state index contributed by atoms with van der Waals surface area (Å²) in [7, 11) is 0. The minimum Gasteiger partial charge on any atom is -0.326 e. The molecule has 0 heterocycles. The van der Waals surface area contributed by atoms with E-state index in [1.54, 1.807) is 0 Å². The van der Waals surface area contributed by atoms with Crippen molar-refractivity contribution in [3.05, 3.63) is 34.3 Å². The van der Waals surface area contributed by atoms with Gasteiger partial charge >= 0.3 is 0 Å². The molecule has 18 heavy (non-hydrogen) atoms. The smallest absolute Gasteiger partial charge is 0.0499 e. The van der Waals surface area contributed by atoms with Gasteiger partial charge in [0, 0.05) is 22.6 Å². The van der Waals surface area contributed by atoms with Gasteiger partial charge in [-0.05, 0) is 50.4 Å². The minimum atomic E-state index is 0.159. The van der Waals surface area contributed by atoms with Gasteiger partial charge in [0.1, 0.15) is 0 Å². The van der Waals surface area contributed by atoms with Gasteiger partial charge in [-0.2, -0.15) is 0 Å². The van der Waals surface area contributed by atoms with Crippen LogP contribution in [0, 0.1) is 0 Å². The van der Waals surface area contributed by atoms with Crippen molar-refractivity contribution in [3.8, 4) is 0 Å². The molecule has 2 N–H and O–H groups in total. The molecule has 1 saturated carbocycles. The Bertz CT molecular complexity index is 388. The molecule has 1 fully saturated rings. The fourth-order valence-corrected chi connectivity index (χ4v) is 3.12. The lowest BCUT2D eigenvalue weighted by molar-refractivity contribution is 0.166. The molecule has 0 radical (unpaired) electrons. The summed E-state index contributed by atoms with van der Waals surface area (Å²) >= 11 is 3.56. The van der Waals surface area contributed by atoms with Crippen LogP contribution in [0.15, 0.2) is 28.7 Å². The van der Waals surface area contributed by atoms with E-state index in [2.05, 4.69) is 58.9 Å². The topological polar surface area (TPSA) is 29.3 Å². The number of halogens is 1. The Morgan fingerprint density at radius 3 is 2.67 bits per heavy atom. The largest absolute Gasteiger partial charge is 0.326 e. The summed E-state index contributed by atoms with van der Waals surface area (Å²) in [6, 6.07) is 9.83. The third-order valence-electron chi connectivity index (χ3n) is 3.54. The molecule has 1 aromatic carbocycles. The predicted octanol–water partition coefficient (Wildman–Crippen LogP) is 3.71. The first-order valence-electron chi connectivity index (χ1n) is 6.90. The zero-order valence-corrected chi connectivity index (χ0v) is 12.9. The van der Waals surface area contributed by atoms with Crippen LogP contribution in [0.25, 0.3) is 0 Å². The summed E-state index contributed by atoms with van der Waals surface area (Å²) in [6.45, 7) is 5.51. The van der Waals surface area contributed by atoms with Crippen molar-refractivity contribution < 1.29 is 0 Å². The first kappa shape index (κ1) is 14.0. The molecule has 1 aliphatic carbocycles. The first-order valence-corrected chi connectivity index (χ1v) is 7.69. The summed E-state index contributed by atoms with van der Waals surface area (Å²) in [5.74, 6) is 0. The van der Waals surface area contributed by atoms with Crippen molar-refractivity contribution in [3.63, 3.8) is 0 Å². The fourth-order valence-electron chi connectivity index (χ4n) is 2.70. The van der Waals surface area contributed by atoms with Crippen molar-refractivity contribution in [1.29, 1.82) is 0 Å². The van der Waals surface area contributed by atoms with Gasteiger partial charge in [0.15, 0.2) is 0 Å². The Morgan fingerprint density at radius 1 is 1.44 bits per heavy atom. The maximum absolute atomic E-state index is 6.26. The standard InChI is InChI=1S/C15H23BrN2/c1-3-9-18(14-7-8-14)15(11(2)17)12-5-4-6-13(16)10-12/h4-6,10-11,14-15H,3,7-9,17H2,1-2H3. The quantitative estimate of drug-likeness (QED) is 0.868. The van der Waals surface area contributed by atoms with Crippen molar-refractivity contribution in [2.45, 2.75) is 51.2 Å². The van der Waals surface area contributed by atoms with Crippen LogP contribution in [-0.4, -0.2) is 23.5 Å². The molecule has 2 atom stereocenters. The van der Waals surface area contributed by atoms with Gasteiger partial charge in [0.05, 0.1) is 0 Å². The van der Waals surface area contributed by atoms with Crippen LogP contribution in [0.3, 0.4) is 0 Å². The highest BCUT2D eigenvalue weighted by molar-refractivity contribution is 9.10. The maximum Gasteiger partial charge on any atom is 0.0499 e. The lowest BCUT2D eigenvalue weighted by Gasteiger charge is -2.34. The van der Waals surface area contributed by atoms with Crippen molar-refractivity contribution in [1.82, 2.24) is 4.90 Å². The van der Waals surface area contributed by atoms with Crippen molar-refractivity contribution in [2.75, 3.05) is 6.54 Å². The van der Waals surface area contributed by atoms with Crippen molar-refractivity contribution >= 4 is 15.9 Å². The van der Waals surface area contributed by atoms with E-state index in [-0.39, 0.29) is 6.04 Å². The lowest BCUT2D eigenvalue weighted by Crippen LogP contribution is -2.41. The molecule has 0 spiro atoms. The van der Waals surface area contributed by atoms with Gasteiger partial charge in [-0.15, -0.1) is 0 Å². The summed E-state index contributed by atoms with van der Waals surface area (Å²) < 4.78 is 1.14. The summed E-state index contributed by atoms with van der Waals surface area (Å²) in [5.41, 5.74) is 7.59. The molecule has 2 unspecified atom stereocenters. The van der Waals surface area contributed by atoms with Gasteiger partial charge < -0.3 is 5.73 Å². The third-order valence-corrected chi connectivity index (χ3v) is 4.04. The molecule has 3 heteroatoms. The van der Waals surface area contributed by atoms with Gasteiger partial charge in [0.2, 0.25) is 0 Å².